The number of aromatic amines is 1. The molecule has 3 aromatic rings. The largest absolute Gasteiger partial charge is 0.495 e. The molecular weight excluding hydrogens is 258 g/mol. The summed E-state index contributed by atoms with van der Waals surface area (Å²) >= 11 is 0. The fourth-order valence-electron chi connectivity index (χ4n) is 2.65. The van der Waals surface area contributed by atoms with Gasteiger partial charge in [-0.3, -0.25) is 0 Å². The van der Waals surface area contributed by atoms with Crippen LogP contribution in [0.25, 0.3) is 27.4 Å². The number of hydrogen-bond donors (Lipinski definition) is 1. The van der Waals surface area contributed by atoms with Gasteiger partial charge in [-0.2, -0.15) is 0 Å². The molecule has 0 spiro atoms. The van der Waals surface area contributed by atoms with Gasteiger partial charge < -0.3 is 9.72 Å². The molecule has 0 amide bonds. The van der Waals surface area contributed by atoms with Crippen LogP contribution < -0.4 is 4.74 Å². The van der Waals surface area contributed by atoms with Crippen molar-refractivity contribution < 1.29 is 4.74 Å². The van der Waals surface area contributed by atoms with Crippen LogP contribution in [0, 0.1) is 0 Å². The summed E-state index contributed by atoms with van der Waals surface area (Å²) < 4.78 is 5.69. The maximum atomic E-state index is 5.69. The Morgan fingerprint density at radius 3 is 2.71 bits per heavy atom. The Bertz CT molecular complexity index is 868. The molecule has 0 atom stereocenters. The van der Waals surface area contributed by atoms with E-state index < -0.39 is 0 Å². The molecule has 0 aliphatic heterocycles. The lowest BCUT2D eigenvalue weighted by Gasteiger charge is -2.10. The van der Waals surface area contributed by atoms with Gasteiger partial charge in [0.1, 0.15) is 5.75 Å². The van der Waals surface area contributed by atoms with E-state index in [1.807, 2.05) is 30.4 Å². The number of hydrogen-bond acceptors (Lipinski definition) is 1. The van der Waals surface area contributed by atoms with Gasteiger partial charge in [0.2, 0.25) is 0 Å². The first-order valence-corrected chi connectivity index (χ1v) is 6.82. The van der Waals surface area contributed by atoms with E-state index in [-0.39, 0.29) is 0 Å². The Hall–Kier alpha value is -2.74. The molecule has 0 unspecified atom stereocenters. The Morgan fingerprint density at radius 2 is 1.95 bits per heavy atom. The number of fused-ring (bicyclic) bond motifs is 3. The highest BCUT2D eigenvalue weighted by Crippen LogP contribution is 2.38. The summed E-state index contributed by atoms with van der Waals surface area (Å²) in [6.07, 6.45) is 5.55. The quantitative estimate of drug-likeness (QED) is 0.659. The topological polar surface area (TPSA) is 25.0 Å². The van der Waals surface area contributed by atoms with Gasteiger partial charge in [0.25, 0.3) is 0 Å². The van der Waals surface area contributed by atoms with E-state index in [0.29, 0.717) is 0 Å². The highest BCUT2D eigenvalue weighted by molar-refractivity contribution is 6.12. The highest BCUT2D eigenvalue weighted by Gasteiger charge is 2.14. The molecule has 0 aliphatic rings. The van der Waals surface area contributed by atoms with Crippen LogP contribution in [-0.4, -0.2) is 12.1 Å². The summed E-state index contributed by atoms with van der Waals surface area (Å²) in [5.41, 5.74) is 4.07. The van der Waals surface area contributed by atoms with E-state index in [4.69, 9.17) is 4.74 Å². The molecule has 0 radical (unpaired) electrons. The molecule has 0 bridgehead atoms. The number of para-hydroxylation sites is 1. The standard InChI is InChI=1S/C19H17NO/c1-4-5-8-13(2)14-11-12-17-18(19(14)21-3)15-9-6-7-10-16(15)20-17/h4-12,20H,1-2H2,3H3/b8-5-. The van der Waals surface area contributed by atoms with Crippen molar-refractivity contribution in [2.75, 3.05) is 7.11 Å². The summed E-state index contributed by atoms with van der Waals surface area (Å²) in [6, 6.07) is 12.3. The van der Waals surface area contributed by atoms with E-state index in [2.05, 4.69) is 36.3 Å². The Balaban J connectivity index is 2.32. The van der Waals surface area contributed by atoms with Crippen molar-refractivity contribution in [1.82, 2.24) is 4.98 Å². The van der Waals surface area contributed by atoms with Gasteiger partial charge >= 0.3 is 0 Å². The van der Waals surface area contributed by atoms with Gasteiger partial charge in [0.15, 0.2) is 0 Å². The summed E-state index contributed by atoms with van der Waals surface area (Å²) in [6.45, 7) is 7.80. The molecule has 0 saturated carbocycles. The fourth-order valence-corrected chi connectivity index (χ4v) is 2.65. The van der Waals surface area contributed by atoms with Crippen LogP contribution in [0.2, 0.25) is 0 Å². The summed E-state index contributed by atoms with van der Waals surface area (Å²) in [5.74, 6) is 0.851. The van der Waals surface area contributed by atoms with Gasteiger partial charge in [0.05, 0.1) is 12.6 Å². The number of nitrogens with one attached hydrogen (secondary N) is 1. The van der Waals surface area contributed by atoms with Crippen molar-refractivity contribution in [2.24, 2.45) is 0 Å². The molecule has 0 fully saturated rings. The van der Waals surface area contributed by atoms with Gasteiger partial charge in [-0.05, 0) is 23.8 Å². The van der Waals surface area contributed by atoms with Crippen molar-refractivity contribution in [2.45, 2.75) is 0 Å². The Labute approximate surface area is 124 Å². The van der Waals surface area contributed by atoms with Crippen LogP contribution >= 0.6 is 0 Å². The van der Waals surface area contributed by atoms with E-state index in [9.17, 15) is 0 Å². The fraction of sp³-hybridized carbons (Fsp3) is 0.0526. The highest BCUT2D eigenvalue weighted by atomic mass is 16.5. The van der Waals surface area contributed by atoms with E-state index in [1.165, 1.54) is 0 Å². The third-order valence-electron chi connectivity index (χ3n) is 3.61. The number of rotatable bonds is 4. The number of benzene rings is 2. The molecule has 3 rings (SSSR count). The summed E-state index contributed by atoms with van der Waals surface area (Å²) in [7, 11) is 1.70. The van der Waals surface area contributed by atoms with Crippen molar-refractivity contribution in [3.63, 3.8) is 0 Å². The molecule has 1 heterocycles. The lowest BCUT2D eigenvalue weighted by molar-refractivity contribution is 0.419. The molecule has 0 aliphatic carbocycles. The monoisotopic (exact) mass is 275 g/mol. The van der Waals surface area contributed by atoms with Gasteiger partial charge in [-0.15, -0.1) is 0 Å². The van der Waals surface area contributed by atoms with Crippen molar-refractivity contribution in [3.05, 3.63) is 73.3 Å². The third kappa shape index (κ3) is 2.15. The first-order chi connectivity index (χ1) is 10.3. The van der Waals surface area contributed by atoms with Crippen LogP contribution in [0.4, 0.5) is 0 Å². The maximum Gasteiger partial charge on any atom is 0.136 e. The van der Waals surface area contributed by atoms with Gasteiger partial charge in [-0.25, -0.2) is 0 Å². The molecule has 104 valence electrons. The van der Waals surface area contributed by atoms with Crippen LogP contribution in [0.15, 0.2) is 67.8 Å². The average molecular weight is 275 g/mol. The SMILES string of the molecule is C=C/C=C\C(=C)c1ccc2[nH]c3ccccc3c2c1OC. The minimum Gasteiger partial charge on any atom is -0.495 e. The predicted molar refractivity (Wildman–Crippen MR) is 90.7 cm³/mol. The first-order valence-electron chi connectivity index (χ1n) is 6.82. The van der Waals surface area contributed by atoms with Crippen LogP contribution in [0.3, 0.4) is 0 Å². The minimum absolute atomic E-state index is 0.851. The van der Waals surface area contributed by atoms with E-state index in [1.54, 1.807) is 13.2 Å². The second-order valence-electron chi connectivity index (χ2n) is 4.86. The lowest BCUT2D eigenvalue weighted by Crippen LogP contribution is -1.91. The minimum atomic E-state index is 0.851. The summed E-state index contributed by atoms with van der Waals surface area (Å²) in [5, 5.41) is 2.26. The number of methoxy groups -OCH3 is 1. The molecule has 1 N–H and O–H groups in total. The third-order valence-corrected chi connectivity index (χ3v) is 3.61. The Kier molecular flexibility index (Phi) is 3.36. The second kappa shape index (κ2) is 5.33. The van der Waals surface area contributed by atoms with Crippen LogP contribution in [0.1, 0.15) is 5.56 Å². The maximum absolute atomic E-state index is 5.69. The van der Waals surface area contributed by atoms with Gasteiger partial charge in [-0.1, -0.05) is 49.6 Å². The lowest BCUT2D eigenvalue weighted by atomic mass is 10.0. The predicted octanol–water partition coefficient (Wildman–Crippen LogP) is 5.09. The van der Waals surface area contributed by atoms with Crippen molar-refractivity contribution >= 4 is 27.4 Å². The number of H-pyrrole nitrogens is 1. The van der Waals surface area contributed by atoms with E-state index >= 15 is 0 Å². The molecule has 21 heavy (non-hydrogen) atoms. The van der Waals surface area contributed by atoms with Crippen LogP contribution in [0.5, 0.6) is 5.75 Å². The molecule has 2 aromatic carbocycles. The number of allylic oxidation sites excluding steroid dienone is 4. The molecule has 0 saturated heterocycles. The zero-order valence-electron chi connectivity index (χ0n) is 12.0. The van der Waals surface area contributed by atoms with Crippen molar-refractivity contribution in [3.8, 4) is 5.75 Å². The van der Waals surface area contributed by atoms with Crippen LogP contribution in [-0.2, 0) is 0 Å². The molecule has 2 nitrogen and oxygen atoms in total. The normalized spacial score (nSPS) is 11.3. The number of aromatic nitrogens is 1. The second-order valence-corrected chi connectivity index (χ2v) is 4.86. The summed E-state index contributed by atoms with van der Waals surface area (Å²) in [4.78, 5) is 3.42. The Morgan fingerprint density at radius 1 is 1.14 bits per heavy atom. The number of ether oxygens (including phenoxy) is 1. The average Bonchev–Trinajstić information content (AvgIpc) is 2.90. The molecule has 1 aromatic heterocycles. The molecular formula is C19H17NO. The van der Waals surface area contributed by atoms with Crippen molar-refractivity contribution in [1.29, 1.82) is 0 Å². The zero-order chi connectivity index (χ0) is 14.8. The van der Waals surface area contributed by atoms with Gasteiger partial charge in [0, 0.05) is 21.9 Å². The smallest absolute Gasteiger partial charge is 0.136 e. The zero-order valence-corrected chi connectivity index (χ0v) is 12.0. The van der Waals surface area contributed by atoms with E-state index in [0.717, 1.165) is 38.7 Å². The molecule has 2 heteroatoms. The first kappa shape index (κ1) is 13.3.